The van der Waals surface area contributed by atoms with Crippen LogP contribution in [0.1, 0.15) is 44.5 Å². The van der Waals surface area contributed by atoms with E-state index in [4.69, 9.17) is 0 Å². The standard InChI is InChI=1S/C13H23N3O2S/c1-3-8-16-9-7-15-13(16)12(14-2)11-6-4-5-10-19(11,17)18/h7,9,11-12,14H,3-6,8,10H2,1-2H3. The van der Waals surface area contributed by atoms with Gasteiger partial charge in [-0.25, -0.2) is 13.4 Å². The zero-order valence-electron chi connectivity index (χ0n) is 11.7. The van der Waals surface area contributed by atoms with Crippen molar-refractivity contribution in [3.63, 3.8) is 0 Å². The molecule has 0 spiro atoms. The normalized spacial score (nSPS) is 24.2. The van der Waals surface area contributed by atoms with Gasteiger partial charge >= 0.3 is 0 Å². The van der Waals surface area contributed by atoms with Gasteiger partial charge < -0.3 is 9.88 Å². The Morgan fingerprint density at radius 3 is 2.95 bits per heavy atom. The molecule has 0 aromatic carbocycles. The highest BCUT2D eigenvalue weighted by molar-refractivity contribution is 7.92. The third-order valence-electron chi connectivity index (χ3n) is 3.80. The number of sulfone groups is 1. The van der Waals surface area contributed by atoms with Gasteiger partial charge in [-0.1, -0.05) is 13.3 Å². The lowest BCUT2D eigenvalue weighted by molar-refractivity contribution is 0.439. The Kier molecular flexibility index (Phi) is 4.62. The minimum atomic E-state index is -3.01. The average Bonchev–Trinajstić information content (AvgIpc) is 2.81. The van der Waals surface area contributed by atoms with Crippen LogP contribution in [0, 0.1) is 0 Å². The molecule has 0 bridgehead atoms. The highest BCUT2D eigenvalue weighted by Crippen LogP contribution is 2.30. The molecule has 1 N–H and O–H groups in total. The molecular formula is C13H23N3O2S. The minimum Gasteiger partial charge on any atom is -0.334 e. The molecule has 1 aliphatic rings. The number of aryl methyl sites for hydroxylation is 1. The fourth-order valence-corrected chi connectivity index (χ4v) is 4.97. The lowest BCUT2D eigenvalue weighted by atomic mass is 10.1. The first-order chi connectivity index (χ1) is 9.10. The van der Waals surface area contributed by atoms with Crippen LogP contribution in [0.15, 0.2) is 12.4 Å². The Bertz CT molecular complexity index is 510. The van der Waals surface area contributed by atoms with Crippen LogP contribution >= 0.6 is 0 Å². The van der Waals surface area contributed by atoms with Crippen LogP contribution in [-0.4, -0.2) is 36.0 Å². The number of nitrogens with zero attached hydrogens (tertiary/aromatic N) is 2. The minimum absolute atomic E-state index is 0.202. The van der Waals surface area contributed by atoms with Crippen molar-refractivity contribution in [3.05, 3.63) is 18.2 Å². The third kappa shape index (κ3) is 3.00. The van der Waals surface area contributed by atoms with Crippen LogP contribution in [-0.2, 0) is 16.4 Å². The molecule has 19 heavy (non-hydrogen) atoms. The number of hydrogen-bond donors (Lipinski definition) is 1. The van der Waals surface area contributed by atoms with E-state index in [-0.39, 0.29) is 11.3 Å². The van der Waals surface area contributed by atoms with E-state index < -0.39 is 9.84 Å². The maximum atomic E-state index is 12.3. The molecule has 0 saturated carbocycles. The van der Waals surface area contributed by atoms with Crippen molar-refractivity contribution in [2.45, 2.75) is 50.4 Å². The predicted molar refractivity (Wildman–Crippen MR) is 75.7 cm³/mol. The summed E-state index contributed by atoms with van der Waals surface area (Å²) in [5.41, 5.74) is 0. The molecule has 0 radical (unpaired) electrons. The van der Waals surface area contributed by atoms with Crippen LogP contribution in [0.25, 0.3) is 0 Å². The number of aromatic nitrogens is 2. The van der Waals surface area contributed by atoms with Crippen molar-refractivity contribution in [2.75, 3.05) is 12.8 Å². The summed E-state index contributed by atoms with van der Waals surface area (Å²) < 4.78 is 26.6. The summed E-state index contributed by atoms with van der Waals surface area (Å²) in [4.78, 5) is 4.38. The van der Waals surface area contributed by atoms with Gasteiger partial charge in [0.05, 0.1) is 17.0 Å². The van der Waals surface area contributed by atoms with Crippen LogP contribution in [0.3, 0.4) is 0 Å². The quantitative estimate of drug-likeness (QED) is 0.891. The summed E-state index contributed by atoms with van der Waals surface area (Å²) in [5.74, 6) is 1.16. The number of hydrogen-bond acceptors (Lipinski definition) is 4. The van der Waals surface area contributed by atoms with E-state index in [1.165, 1.54) is 0 Å². The van der Waals surface area contributed by atoms with E-state index in [1.54, 1.807) is 6.20 Å². The van der Waals surface area contributed by atoms with Crippen LogP contribution < -0.4 is 5.32 Å². The molecule has 2 rings (SSSR count). The first-order valence-corrected chi connectivity index (χ1v) is 8.71. The third-order valence-corrected chi connectivity index (χ3v) is 6.09. The molecule has 2 heterocycles. The molecule has 2 unspecified atom stereocenters. The SMILES string of the molecule is CCCn1ccnc1C(NC)C1CCCCS1(=O)=O. The molecule has 0 aliphatic carbocycles. The molecule has 2 atom stereocenters. The molecule has 1 saturated heterocycles. The molecule has 6 heteroatoms. The molecule has 108 valence electrons. The van der Waals surface area contributed by atoms with E-state index in [0.29, 0.717) is 5.75 Å². The summed E-state index contributed by atoms with van der Waals surface area (Å²) >= 11 is 0. The summed E-state index contributed by atoms with van der Waals surface area (Å²) in [6.07, 6.45) is 7.20. The van der Waals surface area contributed by atoms with Gasteiger partial charge in [0.2, 0.25) is 0 Å². The van der Waals surface area contributed by atoms with Crippen molar-refractivity contribution in [3.8, 4) is 0 Å². The summed E-state index contributed by atoms with van der Waals surface area (Å²) in [7, 11) is -1.19. The van der Waals surface area contributed by atoms with Crippen LogP contribution in [0.4, 0.5) is 0 Å². The van der Waals surface area contributed by atoms with Gasteiger partial charge in [0.25, 0.3) is 0 Å². The second-order valence-electron chi connectivity index (χ2n) is 5.15. The molecule has 1 fully saturated rings. The first-order valence-electron chi connectivity index (χ1n) is 7.00. The monoisotopic (exact) mass is 285 g/mol. The van der Waals surface area contributed by atoms with Gasteiger partial charge in [-0.15, -0.1) is 0 Å². The Labute approximate surface area is 115 Å². The molecule has 1 aliphatic heterocycles. The van der Waals surface area contributed by atoms with E-state index >= 15 is 0 Å². The van der Waals surface area contributed by atoms with Crippen molar-refractivity contribution in [1.82, 2.24) is 14.9 Å². The van der Waals surface area contributed by atoms with Crippen molar-refractivity contribution >= 4 is 9.84 Å². The number of nitrogens with one attached hydrogen (secondary N) is 1. The Hall–Kier alpha value is -0.880. The van der Waals surface area contributed by atoms with Gasteiger partial charge in [0.1, 0.15) is 5.82 Å². The fraction of sp³-hybridized carbons (Fsp3) is 0.769. The second kappa shape index (κ2) is 6.05. The van der Waals surface area contributed by atoms with Crippen LogP contribution in [0.5, 0.6) is 0 Å². The van der Waals surface area contributed by atoms with Gasteiger partial charge in [0.15, 0.2) is 9.84 Å². The largest absolute Gasteiger partial charge is 0.334 e. The maximum Gasteiger partial charge on any atom is 0.155 e. The zero-order valence-corrected chi connectivity index (χ0v) is 12.5. The Balaban J connectivity index is 2.30. The van der Waals surface area contributed by atoms with E-state index in [0.717, 1.165) is 38.1 Å². The Morgan fingerprint density at radius 2 is 2.32 bits per heavy atom. The number of rotatable bonds is 5. The highest BCUT2D eigenvalue weighted by Gasteiger charge is 2.37. The summed E-state index contributed by atoms with van der Waals surface area (Å²) in [6, 6.07) is -0.202. The van der Waals surface area contributed by atoms with E-state index in [2.05, 4.69) is 21.8 Å². The van der Waals surface area contributed by atoms with Gasteiger partial charge in [-0.05, 0) is 26.3 Å². The second-order valence-corrected chi connectivity index (χ2v) is 7.49. The lowest BCUT2D eigenvalue weighted by Crippen LogP contribution is -2.40. The van der Waals surface area contributed by atoms with Gasteiger partial charge in [-0.2, -0.15) is 0 Å². The molecule has 0 amide bonds. The molecule has 1 aromatic rings. The van der Waals surface area contributed by atoms with Gasteiger partial charge in [-0.3, -0.25) is 0 Å². The van der Waals surface area contributed by atoms with Crippen LogP contribution in [0.2, 0.25) is 0 Å². The van der Waals surface area contributed by atoms with Crippen molar-refractivity contribution in [2.24, 2.45) is 0 Å². The van der Waals surface area contributed by atoms with E-state index in [9.17, 15) is 8.42 Å². The highest BCUT2D eigenvalue weighted by atomic mass is 32.2. The zero-order chi connectivity index (χ0) is 13.9. The molecular weight excluding hydrogens is 262 g/mol. The number of imidazole rings is 1. The average molecular weight is 285 g/mol. The van der Waals surface area contributed by atoms with Crippen molar-refractivity contribution in [1.29, 1.82) is 0 Å². The smallest absolute Gasteiger partial charge is 0.155 e. The summed E-state index contributed by atoms with van der Waals surface area (Å²) in [6.45, 7) is 2.98. The van der Waals surface area contributed by atoms with Gasteiger partial charge in [0, 0.05) is 18.9 Å². The maximum absolute atomic E-state index is 12.3. The fourth-order valence-electron chi connectivity index (χ4n) is 2.86. The molecule has 5 nitrogen and oxygen atoms in total. The first kappa shape index (κ1) is 14.5. The molecule has 1 aromatic heterocycles. The predicted octanol–water partition coefficient (Wildman–Crippen LogP) is 1.52. The summed E-state index contributed by atoms with van der Waals surface area (Å²) in [5, 5.41) is 2.82. The van der Waals surface area contributed by atoms with Crippen molar-refractivity contribution < 1.29 is 8.42 Å². The Morgan fingerprint density at radius 1 is 1.53 bits per heavy atom. The topological polar surface area (TPSA) is 64.0 Å². The van der Waals surface area contributed by atoms with E-state index in [1.807, 2.05) is 13.2 Å². The lowest BCUT2D eigenvalue weighted by Gasteiger charge is -2.29.